The summed E-state index contributed by atoms with van der Waals surface area (Å²) in [4.78, 5) is 10.7. The molecule has 3 nitrogen and oxygen atoms in total. The molecule has 1 aromatic carbocycles. The van der Waals surface area contributed by atoms with E-state index in [0.29, 0.717) is 31.5 Å². The van der Waals surface area contributed by atoms with E-state index in [1.807, 2.05) is 50.3 Å². The van der Waals surface area contributed by atoms with Gasteiger partial charge in [-0.3, -0.25) is 0 Å². The fraction of sp³-hybridized carbons (Fsp3) is 0.618. The molecule has 1 rings (SSSR count). The van der Waals surface area contributed by atoms with E-state index in [9.17, 15) is 4.79 Å². The lowest BCUT2D eigenvalue weighted by Gasteiger charge is -2.05. The van der Waals surface area contributed by atoms with Crippen LogP contribution < -0.4 is 4.74 Å². The summed E-state index contributed by atoms with van der Waals surface area (Å²) < 4.78 is 10.2. The van der Waals surface area contributed by atoms with Crippen molar-refractivity contribution < 1.29 is 14.3 Å². The van der Waals surface area contributed by atoms with Gasteiger partial charge in [0, 0.05) is 12.5 Å². The molecule has 0 radical (unpaired) electrons. The summed E-state index contributed by atoms with van der Waals surface area (Å²) >= 11 is 0. The molecular formula is C34H70O3. The molecule has 0 N–H and O–H groups in total. The van der Waals surface area contributed by atoms with E-state index in [-0.39, 0.29) is 29.7 Å². The second-order valence-electron chi connectivity index (χ2n) is 7.37. The molecule has 0 saturated heterocycles. The average Bonchev–Trinajstić information content (AvgIpc) is 2.85. The monoisotopic (exact) mass is 527 g/mol. The highest BCUT2D eigenvalue weighted by Gasteiger charge is 1.96. The number of hydrogen-bond acceptors (Lipinski definition) is 3. The second-order valence-corrected chi connectivity index (χ2v) is 7.37. The van der Waals surface area contributed by atoms with E-state index >= 15 is 0 Å². The molecule has 0 spiro atoms. The maximum absolute atomic E-state index is 10.7. The highest BCUT2D eigenvalue weighted by atomic mass is 16.5. The second kappa shape index (κ2) is 47.0. The molecule has 37 heavy (non-hydrogen) atoms. The van der Waals surface area contributed by atoms with Crippen LogP contribution in [0.15, 0.2) is 67.8 Å². The van der Waals surface area contributed by atoms with Crippen LogP contribution in [0.3, 0.4) is 0 Å². The first-order valence-electron chi connectivity index (χ1n) is 12.5. The number of para-hydroxylation sites is 1. The van der Waals surface area contributed by atoms with Crippen LogP contribution in [0.1, 0.15) is 118 Å². The van der Waals surface area contributed by atoms with Gasteiger partial charge in [-0.05, 0) is 37.3 Å². The first-order chi connectivity index (χ1) is 15.7. The summed E-state index contributed by atoms with van der Waals surface area (Å²) in [6, 6.07) is 9.52. The van der Waals surface area contributed by atoms with Crippen molar-refractivity contribution in [2.75, 3.05) is 13.2 Å². The van der Waals surface area contributed by atoms with Crippen molar-refractivity contribution in [2.45, 2.75) is 118 Å². The van der Waals surface area contributed by atoms with Gasteiger partial charge in [-0.25, -0.2) is 4.79 Å². The molecule has 0 bridgehead atoms. The van der Waals surface area contributed by atoms with Crippen LogP contribution in [0.4, 0.5) is 0 Å². The van der Waals surface area contributed by atoms with Crippen LogP contribution >= 0.6 is 0 Å². The average molecular weight is 527 g/mol. The van der Waals surface area contributed by atoms with Crippen molar-refractivity contribution in [1.82, 2.24) is 0 Å². The minimum Gasteiger partial charge on any atom is -0.493 e. The fourth-order valence-corrected chi connectivity index (χ4v) is 1.51. The van der Waals surface area contributed by atoms with Gasteiger partial charge in [-0.1, -0.05) is 141 Å². The largest absolute Gasteiger partial charge is 0.493 e. The summed E-state index contributed by atoms with van der Waals surface area (Å²) in [6.45, 7) is 30.7. The standard InChI is InChI=1S/C12H14O3.C7H14.C6H12.C3H8.C2H6.4CH4/c1-2-12(13)15-10-6-9-14-11-7-4-3-5-8-11;1-5-7(4)6(2)3;1-4-6(3)5-2;1-3-2;1-2;;;;/h2-5,7-8H,1,6,9-10H2;7H,2,5H2,1,3-4H3;4,6H,1,5H2,2-3H3;3H2,1-2H3;1-2H3;4*1H4. The lowest BCUT2D eigenvalue weighted by Crippen LogP contribution is -2.06. The molecule has 1 aromatic rings. The van der Waals surface area contributed by atoms with Gasteiger partial charge in [0.25, 0.3) is 0 Å². The molecule has 0 fully saturated rings. The van der Waals surface area contributed by atoms with Crippen LogP contribution in [0.25, 0.3) is 0 Å². The van der Waals surface area contributed by atoms with Gasteiger partial charge in [0.2, 0.25) is 0 Å². The zero-order chi connectivity index (χ0) is 26.5. The number of ether oxygens (including phenoxy) is 2. The van der Waals surface area contributed by atoms with Gasteiger partial charge in [0.15, 0.2) is 0 Å². The number of hydrogen-bond donors (Lipinski definition) is 0. The molecule has 224 valence electrons. The minimum atomic E-state index is -0.394. The molecule has 0 heterocycles. The van der Waals surface area contributed by atoms with Gasteiger partial charge >= 0.3 is 5.97 Å². The summed E-state index contributed by atoms with van der Waals surface area (Å²) in [5.41, 5.74) is 1.29. The Morgan fingerprint density at radius 2 is 1.35 bits per heavy atom. The molecule has 3 heteroatoms. The third kappa shape index (κ3) is 51.3. The highest BCUT2D eigenvalue weighted by molar-refractivity contribution is 5.81. The lowest BCUT2D eigenvalue weighted by molar-refractivity contribution is -0.137. The van der Waals surface area contributed by atoms with Crippen molar-refractivity contribution in [3.05, 3.63) is 67.8 Å². The predicted octanol–water partition coefficient (Wildman–Crippen LogP) is 12.0. The fourth-order valence-electron chi connectivity index (χ4n) is 1.51. The number of carbonyl (C=O) groups excluding carboxylic acids is 1. The van der Waals surface area contributed by atoms with Gasteiger partial charge in [-0.2, -0.15) is 0 Å². The van der Waals surface area contributed by atoms with E-state index in [1.54, 1.807) is 0 Å². The van der Waals surface area contributed by atoms with Crippen molar-refractivity contribution in [3.8, 4) is 5.75 Å². The van der Waals surface area contributed by atoms with Gasteiger partial charge in [-0.15, -0.1) is 6.58 Å². The van der Waals surface area contributed by atoms with Crippen molar-refractivity contribution in [2.24, 2.45) is 11.8 Å². The third-order valence-corrected chi connectivity index (χ3v) is 4.21. The summed E-state index contributed by atoms with van der Waals surface area (Å²) in [6.07, 6.45) is 7.48. The summed E-state index contributed by atoms with van der Waals surface area (Å²) in [5, 5.41) is 0. The van der Waals surface area contributed by atoms with Gasteiger partial charge in [0.1, 0.15) is 5.75 Å². The molecule has 0 aromatic heterocycles. The van der Waals surface area contributed by atoms with E-state index in [2.05, 4.69) is 68.2 Å². The van der Waals surface area contributed by atoms with Gasteiger partial charge < -0.3 is 9.47 Å². The number of esters is 1. The van der Waals surface area contributed by atoms with Crippen molar-refractivity contribution in [3.63, 3.8) is 0 Å². The normalized spacial score (nSPS) is 9.22. The van der Waals surface area contributed by atoms with Crippen molar-refractivity contribution in [1.29, 1.82) is 0 Å². The van der Waals surface area contributed by atoms with Crippen LogP contribution in [0.2, 0.25) is 0 Å². The van der Waals surface area contributed by atoms with E-state index < -0.39 is 5.97 Å². The smallest absolute Gasteiger partial charge is 0.330 e. The maximum Gasteiger partial charge on any atom is 0.330 e. The molecular weight excluding hydrogens is 456 g/mol. The quantitative estimate of drug-likeness (QED) is 0.132. The lowest BCUT2D eigenvalue weighted by atomic mass is 10.0. The molecule has 0 amide bonds. The Hall–Kier alpha value is -2.29. The van der Waals surface area contributed by atoms with E-state index in [0.717, 1.165) is 11.8 Å². The highest BCUT2D eigenvalue weighted by Crippen LogP contribution is 2.09. The molecule has 0 saturated carbocycles. The molecule has 2 unspecified atom stereocenters. The summed E-state index contributed by atoms with van der Waals surface area (Å²) in [7, 11) is 0. The Balaban J connectivity index is -0.0000000546. The van der Waals surface area contributed by atoms with E-state index in [1.165, 1.54) is 24.8 Å². The Labute approximate surface area is 236 Å². The van der Waals surface area contributed by atoms with Crippen LogP contribution in [0.5, 0.6) is 5.75 Å². The van der Waals surface area contributed by atoms with Crippen LogP contribution in [-0.2, 0) is 9.53 Å². The Kier molecular flexibility index (Phi) is 70.2. The molecule has 0 aliphatic carbocycles. The SMILES string of the molecule is C.C.C.C.C=C(C)C(C)CC.C=CC(=O)OCCCOc1ccccc1.C=CC(C)CC.CC.CCC. The molecule has 2 atom stereocenters. The number of rotatable bonds is 10. The molecule has 0 aliphatic heterocycles. The molecule has 0 aliphatic rings. The predicted molar refractivity (Wildman–Crippen MR) is 176 cm³/mol. The first-order valence-corrected chi connectivity index (χ1v) is 12.5. The van der Waals surface area contributed by atoms with Crippen LogP contribution in [0, 0.1) is 11.8 Å². The zero-order valence-corrected chi connectivity index (χ0v) is 23.3. The minimum absolute atomic E-state index is 0. The summed E-state index contributed by atoms with van der Waals surface area (Å²) in [5.74, 6) is 1.84. The zero-order valence-electron chi connectivity index (χ0n) is 23.3. The first kappa shape index (κ1) is 55.3. The number of benzene rings is 1. The maximum atomic E-state index is 10.7. The number of carbonyl (C=O) groups is 1. The Morgan fingerprint density at radius 3 is 1.62 bits per heavy atom. The number of allylic oxidation sites excluding steroid dienone is 2. The van der Waals surface area contributed by atoms with Crippen LogP contribution in [-0.4, -0.2) is 19.2 Å². The van der Waals surface area contributed by atoms with E-state index in [4.69, 9.17) is 9.47 Å². The Morgan fingerprint density at radius 1 is 0.892 bits per heavy atom. The van der Waals surface area contributed by atoms with Crippen molar-refractivity contribution >= 4 is 5.97 Å². The van der Waals surface area contributed by atoms with Gasteiger partial charge in [0.05, 0.1) is 13.2 Å². The Bertz CT molecular complexity index is 549. The topological polar surface area (TPSA) is 35.5 Å². The third-order valence-electron chi connectivity index (χ3n) is 4.21.